The quantitative estimate of drug-likeness (QED) is 0.596. The number of hydrogen-bond donors (Lipinski definition) is 2. The van der Waals surface area contributed by atoms with Crippen molar-refractivity contribution in [3.8, 4) is 11.3 Å². The summed E-state index contributed by atoms with van der Waals surface area (Å²) in [6.07, 6.45) is 1.72. The molecule has 0 saturated heterocycles. The molecule has 0 aliphatic carbocycles. The average molecular weight is 337 g/mol. The molecule has 0 radical (unpaired) electrons. The number of aromatic nitrogens is 7. The highest BCUT2D eigenvalue weighted by Gasteiger charge is 2.01. The van der Waals surface area contributed by atoms with Crippen molar-refractivity contribution in [1.29, 1.82) is 0 Å². The molecule has 2 N–H and O–H groups in total. The fraction of sp³-hybridized carbons (Fsp3) is 0.0625. The van der Waals surface area contributed by atoms with E-state index in [4.69, 9.17) is 0 Å². The molecule has 120 valence electrons. The molecule has 0 amide bonds. The van der Waals surface area contributed by atoms with Crippen LogP contribution in [0.5, 0.6) is 0 Å². The SMILES string of the molecule is Cc1ccccc1-c1cn[nH]n1.c1ccc(Sc2nn[nH]n2)cc1. The van der Waals surface area contributed by atoms with Gasteiger partial charge in [0.2, 0.25) is 5.16 Å². The van der Waals surface area contributed by atoms with E-state index in [0.717, 1.165) is 16.2 Å². The normalized spacial score (nSPS) is 10.0. The van der Waals surface area contributed by atoms with Gasteiger partial charge in [0.1, 0.15) is 5.69 Å². The molecule has 0 aliphatic heterocycles. The smallest absolute Gasteiger partial charge is 0.197 e. The molecular formula is C16H15N7S. The Balaban J connectivity index is 0.000000141. The zero-order valence-electron chi connectivity index (χ0n) is 12.9. The van der Waals surface area contributed by atoms with Crippen LogP contribution in [0.4, 0.5) is 0 Å². The molecule has 2 aromatic carbocycles. The fourth-order valence-corrected chi connectivity index (χ4v) is 2.65. The zero-order chi connectivity index (χ0) is 16.6. The van der Waals surface area contributed by atoms with Crippen LogP contribution < -0.4 is 0 Å². The molecule has 0 atom stereocenters. The van der Waals surface area contributed by atoms with E-state index >= 15 is 0 Å². The summed E-state index contributed by atoms with van der Waals surface area (Å²) < 4.78 is 0. The Morgan fingerprint density at radius 3 is 2.33 bits per heavy atom. The molecule has 0 fully saturated rings. The van der Waals surface area contributed by atoms with E-state index in [1.54, 1.807) is 6.20 Å². The fourth-order valence-electron chi connectivity index (χ4n) is 1.98. The van der Waals surface area contributed by atoms with Gasteiger partial charge in [-0.2, -0.15) is 20.6 Å². The summed E-state index contributed by atoms with van der Waals surface area (Å²) in [7, 11) is 0. The maximum absolute atomic E-state index is 4.01. The van der Waals surface area contributed by atoms with Gasteiger partial charge in [-0.05, 0) is 41.6 Å². The van der Waals surface area contributed by atoms with Gasteiger partial charge in [-0.3, -0.25) is 0 Å². The van der Waals surface area contributed by atoms with Crippen molar-refractivity contribution in [3.63, 3.8) is 0 Å². The summed E-state index contributed by atoms with van der Waals surface area (Å²) in [5.74, 6) is 0. The van der Waals surface area contributed by atoms with E-state index in [9.17, 15) is 0 Å². The van der Waals surface area contributed by atoms with Gasteiger partial charge in [0.25, 0.3) is 0 Å². The average Bonchev–Trinajstić information content (AvgIpc) is 3.31. The van der Waals surface area contributed by atoms with E-state index in [1.807, 2.05) is 48.5 Å². The number of aryl methyl sites for hydroxylation is 1. The van der Waals surface area contributed by atoms with Crippen molar-refractivity contribution >= 4 is 11.8 Å². The standard InChI is InChI=1S/C9H9N3.C7H6N4S/c1-7-4-2-3-5-8(7)9-6-10-12-11-9;1-2-4-6(5-3-1)12-7-8-10-11-9-7/h2-6H,1H3,(H,10,11,12);1-5H,(H,8,9,10,11). The van der Waals surface area contributed by atoms with Crippen LogP contribution in [-0.4, -0.2) is 36.0 Å². The number of benzene rings is 2. The molecule has 0 bridgehead atoms. The lowest BCUT2D eigenvalue weighted by Crippen LogP contribution is -1.81. The first-order valence-electron chi connectivity index (χ1n) is 7.21. The lowest BCUT2D eigenvalue weighted by Gasteiger charge is -1.98. The van der Waals surface area contributed by atoms with Gasteiger partial charge in [0, 0.05) is 10.5 Å². The maximum atomic E-state index is 4.01. The van der Waals surface area contributed by atoms with Crippen LogP contribution in [0, 0.1) is 6.92 Å². The highest BCUT2D eigenvalue weighted by Crippen LogP contribution is 2.22. The van der Waals surface area contributed by atoms with Crippen molar-refractivity contribution in [2.24, 2.45) is 0 Å². The van der Waals surface area contributed by atoms with Crippen molar-refractivity contribution in [2.75, 3.05) is 0 Å². The minimum atomic E-state index is 0.640. The van der Waals surface area contributed by atoms with E-state index in [1.165, 1.54) is 17.3 Å². The summed E-state index contributed by atoms with van der Waals surface area (Å²) in [5, 5.41) is 24.5. The number of rotatable bonds is 3. The molecule has 4 aromatic rings. The Morgan fingerprint density at radius 1 is 0.875 bits per heavy atom. The second-order valence-corrected chi connectivity index (χ2v) is 5.82. The Labute approximate surface area is 142 Å². The molecule has 24 heavy (non-hydrogen) atoms. The predicted molar refractivity (Wildman–Crippen MR) is 91.3 cm³/mol. The predicted octanol–water partition coefficient (Wildman–Crippen LogP) is 3.13. The third-order valence-electron chi connectivity index (χ3n) is 3.11. The topological polar surface area (TPSA) is 96.0 Å². The second-order valence-electron chi connectivity index (χ2n) is 4.78. The molecular weight excluding hydrogens is 322 g/mol. The van der Waals surface area contributed by atoms with Gasteiger partial charge in [-0.1, -0.05) is 42.5 Å². The molecule has 2 heterocycles. The van der Waals surface area contributed by atoms with Crippen LogP contribution in [0.15, 0.2) is 70.8 Å². The minimum Gasteiger partial charge on any atom is -0.197 e. The first-order valence-corrected chi connectivity index (χ1v) is 8.02. The summed E-state index contributed by atoms with van der Waals surface area (Å²) in [6.45, 7) is 2.06. The molecule has 2 aromatic heterocycles. The molecule has 8 heteroatoms. The zero-order valence-corrected chi connectivity index (χ0v) is 13.7. The van der Waals surface area contributed by atoms with E-state index in [0.29, 0.717) is 5.16 Å². The maximum Gasteiger partial charge on any atom is 0.235 e. The van der Waals surface area contributed by atoms with E-state index in [2.05, 4.69) is 49.0 Å². The van der Waals surface area contributed by atoms with Gasteiger partial charge in [-0.15, -0.1) is 10.2 Å². The summed E-state index contributed by atoms with van der Waals surface area (Å²) in [5.41, 5.74) is 3.24. The molecule has 4 rings (SSSR count). The van der Waals surface area contributed by atoms with E-state index in [-0.39, 0.29) is 0 Å². The monoisotopic (exact) mass is 337 g/mol. The Bertz CT molecular complexity index is 845. The third-order valence-corrected chi connectivity index (χ3v) is 3.98. The number of aromatic amines is 2. The van der Waals surface area contributed by atoms with Crippen LogP contribution in [0.1, 0.15) is 5.56 Å². The minimum absolute atomic E-state index is 0.640. The first kappa shape index (κ1) is 15.9. The summed E-state index contributed by atoms with van der Waals surface area (Å²) in [6, 6.07) is 18.0. The lowest BCUT2D eigenvalue weighted by molar-refractivity contribution is 0.881. The van der Waals surface area contributed by atoms with Crippen molar-refractivity contribution in [2.45, 2.75) is 17.0 Å². The summed E-state index contributed by atoms with van der Waals surface area (Å²) in [4.78, 5) is 1.11. The largest absolute Gasteiger partial charge is 0.235 e. The molecule has 0 saturated carbocycles. The Morgan fingerprint density at radius 2 is 1.67 bits per heavy atom. The summed E-state index contributed by atoms with van der Waals surface area (Å²) >= 11 is 1.48. The molecule has 0 aliphatic rings. The van der Waals surface area contributed by atoms with Crippen LogP contribution in [-0.2, 0) is 0 Å². The first-order chi connectivity index (χ1) is 11.8. The highest BCUT2D eigenvalue weighted by molar-refractivity contribution is 7.99. The van der Waals surface area contributed by atoms with Crippen LogP contribution in [0.2, 0.25) is 0 Å². The van der Waals surface area contributed by atoms with Gasteiger partial charge < -0.3 is 0 Å². The number of nitrogens with one attached hydrogen (secondary N) is 2. The molecule has 0 spiro atoms. The Kier molecular flexibility index (Phi) is 5.31. The van der Waals surface area contributed by atoms with E-state index < -0.39 is 0 Å². The number of tetrazole rings is 1. The second kappa shape index (κ2) is 8.02. The van der Waals surface area contributed by atoms with Crippen molar-refractivity contribution in [3.05, 3.63) is 66.4 Å². The number of H-pyrrole nitrogens is 2. The molecule has 0 unspecified atom stereocenters. The van der Waals surface area contributed by atoms with Gasteiger partial charge >= 0.3 is 0 Å². The van der Waals surface area contributed by atoms with Gasteiger partial charge in [-0.25, -0.2) is 0 Å². The number of nitrogens with zero attached hydrogens (tertiary/aromatic N) is 5. The third kappa shape index (κ3) is 4.26. The molecule has 7 nitrogen and oxygen atoms in total. The highest BCUT2D eigenvalue weighted by atomic mass is 32.2. The van der Waals surface area contributed by atoms with Crippen molar-refractivity contribution in [1.82, 2.24) is 36.0 Å². The van der Waals surface area contributed by atoms with Crippen LogP contribution in [0.25, 0.3) is 11.3 Å². The van der Waals surface area contributed by atoms with Gasteiger partial charge in [0.05, 0.1) is 6.20 Å². The number of hydrogen-bond acceptors (Lipinski definition) is 6. The Hall–Kier alpha value is -3.00. The lowest BCUT2D eigenvalue weighted by atomic mass is 10.1. The van der Waals surface area contributed by atoms with Crippen molar-refractivity contribution < 1.29 is 0 Å². The van der Waals surface area contributed by atoms with Crippen LogP contribution >= 0.6 is 11.8 Å². The van der Waals surface area contributed by atoms with Crippen LogP contribution in [0.3, 0.4) is 0 Å². The van der Waals surface area contributed by atoms with Gasteiger partial charge in [0.15, 0.2) is 0 Å².